The molecule has 0 heterocycles. The third-order valence-electron chi connectivity index (χ3n) is 5.68. The standard InChI is InChI=1S/C22H27N3O5S/c1-15-20(9-6-10-21(15)25(27)28)24(31(3,29)30)14-22(26)23-16(2)18-12-11-17-7-4-5-8-19(17)13-18/h6,9-13,16H,4-5,7-8,14H2,1-3H3,(H,23,26). The first-order chi connectivity index (χ1) is 14.6. The molecule has 9 heteroatoms. The van der Waals surface area contributed by atoms with Gasteiger partial charge in [-0.2, -0.15) is 0 Å². The number of carbonyl (C=O) groups is 1. The van der Waals surface area contributed by atoms with Crippen LogP contribution in [0.3, 0.4) is 0 Å². The summed E-state index contributed by atoms with van der Waals surface area (Å²) in [6, 6.07) is 10.1. The van der Waals surface area contributed by atoms with Crippen LogP contribution in [0.15, 0.2) is 36.4 Å². The zero-order valence-electron chi connectivity index (χ0n) is 17.9. The van der Waals surface area contributed by atoms with E-state index in [1.807, 2.05) is 13.0 Å². The van der Waals surface area contributed by atoms with E-state index >= 15 is 0 Å². The number of nitro benzene ring substituents is 1. The Bertz CT molecular complexity index is 1110. The van der Waals surface area contributed by atoms with Crippen molar-refractivity contribution in [1.29, 1.82) is 0 Å². The Morgan fingerprint density at radius 1 is 1.19 bits per heavy atom. The van der Waals surface area contributed by atoms with Crippen LogP contribution in [-0.2, 0) is 27.7 Å². The first kappa shape index (κ1) is 22.7. The topological polar surface area (TPSA) is 110 Å². The molecule has 0 radical (unpaired) electrons. The van der Waals surface area contributed by atoms with E-state index in [-0.39, 0.29) is 23.0 Å². The summed E-state index contributed by atoms with van der Waals surface area (Å²) in [5, 5.41) is 14.1. The van der Waals surface area contributed by atoms with Crippen LogP contribution < -0.4 is 9.62 Å². The van der Waals surface area contributed by atoms with Gasteiger partial charge in [-0.25, -0.2) is 8.42 Å². The lowest BCUT2D eigenvalue weighted by molar-refractivity contribution is -0.385. The summed E-state index contributed by atoms with van der Waals surface area (Å²) in [6.07, 6.45) is 5.42. The number of nitrogens with one attached hydrogen (secondary N) is 1. The van der Waals surface area contributed by atoms with Crippen molar-refractivity contribution in [3.63, 3.8) is 0 Å². The zero-order chi connectivity index (χ0) is 22.8. The highest BCUT2D eigenvalue weighted by Gasteiger charge is 2.26. The van der Waals surface area contributed by atoms with Gasteiger partial charge in [0.2, 0.25) is 15.9 Å². The number of hydrogen-bond acceptors (Lipinski definition) is 5. The molecule has 1 aliphatic rings. The second kappa shape index (κ2) is 9.05. The second-order valence-electron chi connectivity index (χ2n) is 7.97. The van der Waals surface area contributed by atoms with Crippen molar-refractivity contribution in [2.75, 3.05) is 17.1 Å². The number of sulfonamides is 1. The van der Waals surface area contributed by atoms with Crippen molar-refractivity contribution >= 4 is 27.3 Å². The molecular formula is C22H27N3O5S. The molecule has 0 aliphatic heterocycles. The number of rotatable bonds is 7. The van der Waals surface area contributed by atoms with Gasteiger partial charge in [-0.1, -0.05) is 24.3 Å². The minimum absolute atomic E-state index is 0.119. The van der Waals surface area contributed by atoms with Crippen LogP contribution in [-0.4, -0.2) is 32.0 Å². The lowest BCUT2D eigenvalue weighted by Crippen LogP contribution is -2.41. The molecule has 8 nitrogen and oxygen atoms in total. The average molecular weight is 446 g/mol. The van der Waals surface area contributed by atoms with E-state index in [1.54, 1.807) is 0 Å². The fourth-order valence-electron chi connectivity index (χ4n) is 3.98. The minimum Gasteiger partial charge on any atom is -0.348 e. The number of aryl methyl sites for hydroxylation is 2. The molecule has 0 spiro atoms. The van der Waals surface area contributed by atoms with Gasteiger partial charge in [0.25, 0.3) is 5.69 Å². The molecule has 2 aromatic rings. The van der Waals surface area contributed by atoms with Crippen LogP contribution in [0.4, 0.5) is 11.4 Å². The molecule has 1 atom stereocenters. The van der Waals surface area contributed by atoms with Crippen LogP contribution in [0.5, 0.6) is 0 Å². The molecule has 31 heavy (non-hydrogen) atoms. The van der Waals surface area contributed by atoms with Gasteiger partial charge in [0, 0.05) is 6.07 Å². The molecule has 0 aromatic heterocycles. The Kier molecular flexibility index (Phi) is 6.64. The third kappa shape index (κ3) is 5.22. The number of nitrogens with zero attached hydrogens (tertiary/aromatic N) is 2. The van der Waals surface area contributed by atoms with Crippen LogP contribution in [0.1, 0.15) is 48.1 Å². The first-order valence-corrected chi connectivity index (χ1v) is 12.1. The number of nitro groups is 1. The molecule has 0 saturated heterocycles. The van der Waals surface area contributed by atoms with Gasteiger partial charge in [-0.05, 0) is 62.3 Å². The van der Waals surface area contributed by atoms with Crippen LogP contribution in [0, 0.1) is 17.0 Å². The number of carbonyl (C=O) groups excluding carboxylic acids is 1. The molecule has 0 bridgehead atoms. The maximum Gasteiger partial charge on any atom is 0.274 e. The quantitative estimate of drug-likeness (QED) is 0.519. The molecule has 1 unspecified atom stereocenters. The lowest BCUT2D eigenvalue weighted by atomic mass is 9.89. The number of fused-ring (bicyclic) bond motifs is 1. The van der Waals surface area contributed by atoms with E-state index in [0.29, 0.717) is 0 Å². The fraction of sp³-hybridized carbons (Fsp3) is 0.409. The highest BCUT2D eigenvalue weighted by atomic mass is 32.2. The van der Waals surface area contributed by atoms with Crippen molar-refractivity contribution in [2.45, 2.75) is 45.6 Å². The maximum absolute atomic E-state index is 12.7. The number of hydrogen-bond donors (Lipinski definition) is 1. The maximum atomic E-state index is 12.7. The summed E-state index contributed by atoms with van der Waals surface area (Å²) < 4.78 is 25.7. The summed E-state index contributed by atoms with van der Waals surface area (Å²) in [4.78, 5) is 23.4. The normalized spacial score (nSPS) is 14.4. The van der Waals surface area contributed by atoms with Gasteiger partial charge in [0.15, 0.2) is 0 Å². The van der Waals surface area contributed by atoms with E-state index in [4.69, 9.17) is 0 Å². The van der Waals surface area contributed by atoms with E-state index < -0.39 is 27.4 Å². The Hall–Kier alpha value is -2.94. The molecule has 2 aromatic carbocycles. The minimum atomic E-state index is -3.84. The number of anilines is 1. The van der Waals surface area contributed by atoms with E-state index in [0.717, 1.165) is 35.4 Å². The molecular weight excluding hydrogens is 418 g/mol. The molecule has 166 valence electrons. The average Bonchev–Trinajstić information content (AvgIpc) is 2.71. The summed E-state index contributed by atoms with van der Waals surface area (Å²) >= 11 is 0. The van der Waals surface area contributed by atoms with Gasteiger partial charge in [-0.3, -0.25) is 19.2 Å². The van der Waals surface area contributed by atoms with Gasteiger partial charge in [-0.15, -0.1) is 0 Å². The molecule has 1 N–H and O–H groups in total. The molecule has 0 fully saturated rings. The van der Waals surface area contributed by atoms with Crippen molar-refractivity contribution < 1.29 is 18.1 Å². The van der Waals surface area contributed by atoms with Crippen LogP contribution in [0.2, 0.25) is 0 Å². The van der Waals surface area contributed by atoms with Crippen LogP contribution >= 0.6 is 0 Å². The molecule has 1 amide bonds. The summed E-state index contributed by atoms with van der Waals surface area (Å²) in [5.74, 6) is -0.485. The second-order valence-corrected chi connectivity index (χ2v) is 9.88. The highest BCUT2D eigenvalue weighted by molar-refractivity contribution is 7.92. The van der Waals surface area contributed by atoms with Gasteiger partial charge >= 0.3 is 0 Å². The predicted octanol–water partition coefficient (Wildman–Crippen LogP) is 3.43. The lowest BCUT2D eigenvalue weighted by Gasteiger charge is -2.25. The number of benzene rings is 2. The third-order valence-corrected chi connectivity index (χ3v) is 6.81. The van der Waals surface area contributed by atoms with Crippen molar-refractivity contribution in [2.24, 2.45) is 0 Å². The highest BCUT2D eigenvalue weighted by Crippen LogP contribution is 2.30. The van der Waals surface area contributed by atoms with E-state index in [2.05, 4.69) is 17.4 Å². The molecule has 0 saturated carbocycles. The summed E-state index contributed by atoms with van der Waals surface area (Å²) in [7, 11) is -3.84. The van der Waals surface area contributed by atoms with Gasteiger partial charge in [0.05, 0.1) is 28.5 Å². The summed E-state index contributed by atoms with van der Waals surface area (Å²) in [6.45, 7) is 2.86. The van der Waals surface area contributed by atoms with Crippen molar-refractivity contribution in [3.05, 3.63) is 68.8 Å². The molecule has 3 rings (SSSR count). The summed E-state index contributed by atoms with van der Waals surface area (Å²) in [5.41, 5.74) is 3.72. The predicted molar refractivity (Wildman–Crippen MR) is 120 cm³/mol. The van der Waals surface area contributed by atoms with Gasteiger partial charge < -0.3 is 5.32 Å². The van der Waals surface area contributed by atoms with Gasteiger partial charge in [0.1, 0.15) is 6.54 Å². The Morgan fingerprint density at radius 3 is 2.52 bits per heavy atom. The van der Waals surface area contributed by atoms with E-state index in [9.17, 15) is 23.3 Å². The van der Waals surface area contributed by atoms with Crippen molar-refractivity contribution in [1.82, 2.24) is 5.32 Å². The Balaban J connectivity index is 1.79. The largest absolute Gasteiger partial charge is 0.348 e. The number of amides is 1. The van der Waals surface area contributed by atoms with E-state index in [1.165, 1.54) is 42.7 Å². The smallest absolute Gasteiger partial charge is 0.274 e. The SMILES string of the molecule is Cc1c(N(CC(=O)NC(C)c2ccc3c(c2)CCCC3)S(C)(=O)=O)cccc1[N+](=O)[O-]. The first-order valence-electron chi connectivity index (χ1n) is 10.2. The van der Waals surface area contributed by atoms with Crippen LogP contribution in [0.25, 0.3) is 0 Å². The fourth-order valence-corrected chi connectivity index (χ4v) is 4.89. The van der Waals surface area contributed by atoms with Crippen molar-refractivity contribution in [3.8, 4) is 0 Å². The Labute approximate surface area is 182 Å². The Morgan fingerprint density at radius 2 is 1.87 bits per heavy atom. The molecule has 1 aliphatic carbocycles. The monoisotopic (exact) mass is 445 g/mol. The zero-order valence-corrected chi connectivity index (χ0v) is 18.7.